The average Bonchev–Trinajstić information content (AvgIpc) is 2.53. The molecular formula is C11H17N3O. The average molecular weight is 207 g/mol. The maximum absolute atomic E-state index is 11.9. The van der Waals surface area contributed by atoms with E-state index in [4.69, 9.17) is 0 Å². The van der Waals surface area contributed by atoms with E-state index in [1.54, 1.807) is 12.3 Å². The van der Waals surface area contributed by atoms with Gasteiger partial charge in [0, 0.05) is 12.0 Å². The van der Waals surface area contributed by atoms with Gasteiger partial charge in [-0.1, -0.05) is 27.7 Å². The number of aromatic amines is 1. The standard InChI is InChI=1S/C11H17N3O/c1-10(2)8(11(10,3)4)9(15)13-7-5-6-12-14-7/h5-6,8H,1-4H3,(H2,12,13,14,15). The molecule has 0 radical (unpaired) electrons. The third-order valence-electron chi connectivity index (χ3n) is 4.04. The number of amides is 1. The molecule has 0 bridgehead atoms. The first-order valence-corrected chi connectivity index (χ1v) is 5.17. The number of carbonyl (C=O) groups is 1. The summed E-state index contributed by atoms with van der Waals surface area (Å²) in [5.74, 6) is 0.820. The van der Waals surface area contributed by atoms with Crippen molar-refractivity contribution in [1.82, 2.24) is 10.2 Å². The molecule has 0 saturated heterocycles. The van der Waals surface area contributed by atoms with Crippen molar-refractivity contribution in [3.63, 3.8) is 0 Å². The van der Waals surface area contributed by atoms with Crippen LogP contribution >= 0.6 is 0 Å². The molecule has 0 aromatic carbocycles. The van der Waals surface area contributed by atoms with Crippen LogP contribution in [0.5, 0.6) is 0 Å². The van der Waals surface area contributed by atoms with E-state index in [9.17, 15) is 4.79 Å². The van der Waals surface area contributed by atoms with Crippen LogP contribution in [0.2, 0.25) is 0 Å². The second-order valence-electron chi connectivity index (χ2n) is 5.34. The quantitative estimate of drug-likeness (QED) is 0.779. The van der Waals surface area contributed by atoms with Crippen LogP contribution in [-0.2, 0) is 4.79 Å². The fourth-order valence-electron chi connectivity index (χ4n) is 2.38. The smallest absolute Gasteiger partial charge is 0.229 e. The van der Waals surface area contributed by atoms with E-state index in [-0.39, 0.29) is 22.7 Å². The molecule has 2 rings (SSSR count). The molecule has 82 valence electrons. The van der Waals surface area contributed by atoms with Crippen molar-refractivity contribution < 1.29 is 4.79 Å². The van der Waals surface area contributed by atoms with Crippen LogP contribution in [0.1, 0.15) is 27.7 Å². The Kier molecular flexibility index (Phi) is 1.93. The number of hydrogen-bond acceptors (Lipinski definition) is 2. The van der Waals surface area contributed by atoms with Crippen molar-refractivity contribution in [3.8, 4) is 0 Å². The summed E-state index contributed by atoms with van der Waals surface area (Å²) in [4.78, 5) is 11.9. The van der Waals surface area contributed by atoms with E-state index in [1.807, 2.05) is 0 Å². The molecule has 0 aliphatic heterocycles. The number of H-pyrrole nitrogens is 1. The molecule has 1 aliphatic rings. The van der Waals surface area contributed by atoms with Crippen LogP contribution in [-0.4, -0.2) is 16.1 Å². The lowest BCUT2D eigenvalue weighted by molar-refractivity contribution is -0.118. The van der Waals surface area contributed by atoms with Crippen molar-refractivity contribution >= 4 is 11.7 Å². The van der Waals surface area contributed by atoms with Gasteiger partial charge in [0.15, 0.2) is 0 Å². The molecule has 1 saturated carbocycles. The van der Waals surface area contributed by atoms with Crippen LogP contribution in [0.4, 0.5) is 5.82 Å². The van der Waals surface area contributed by atoms with E-state index < -0.39 is 0 Å². The molecular weight excluding hydrogens is 190 g/mol. The van der Waals surface area contributed by atoms with Crippen molar-refractivity contribution in [1.29, 1.82) is 0 Å². The van der Waals surface area contributed by atoms with Gasteiger partial charge >= 0.3 is 0 Å². The number of nitrogens with zero attached hydrogens (tertiary/aromatic N) is 1. The molecule has 0 unspecified atom stereocenters. The van der Waals surface area contributed by atoms with Crippen LogP contribution < -0.4 is 5.32 Å². The summed E-state index contributed by atoms with van der Waals surface area (Å²) in [6, 6.07) is 1.75. The zero-order chi connectivity index (χ0) is 11.3. The van der Waals surface area contributed by atoms with Gasteiger partial charge < -0.3 is 5.32 Å². The minimum absolute atomic E-state index is 0.0771. The van der Waals surface area contributed by atoms with E-state index in [1.165, 1.54) is 0 Å². The van der Waals surface area contributed by atoms with Gasteiger partial charge in [-0.15, -0.1) is 0 Å². The van der Waals surface area contributed by atoms with Crippen LogP contribution in [0.15, 0.2) is 12.3 Å². The minimum atomic E-state index is 0.0771. The number of hydrogen-bond donors (Lipinski definition) is 2. The fraction of sp³-hybridized carbons (Fsp3) is 0.636. The highest BCUT2D eigenvalue weighted by molar-refractivity contribution is 5.95. The normalized spacial score (nSPS) is 22.4. The van der Waals surface area contributed by atoms with Gasteiger partial charge in [0.05, 0.1) is 6.20 Å². The third-order valence-corrected chi connectivity index (χ3v) is 4.04. The molecule has 15 heavy (non-hydrogen) atoms. The van der Waals surface area contributed by atoms with Crippen LogP contribution in [0, 0.1) is 16.7 Å². The largest absolute Gasteiger partial charge is 0.311 e. The first-order chi connectivity index (χ1) is 6.87. The molecule has 2 N–H and O–H groups in total. The number of nitrogens with one attached hydrogen (secondary N) is 2. The highest BCUT2D eigenvalue weighted by atomic mass is 16.2. The Morgan fingerprint density at radius 3 is 2.40 bits per heavy atom. The fourth-order valence-corrected chi connectivity index (χ4v) is 2.38. The van der Waals surface area contributed by atoms with Crippen LogP contribution in [0.25, 0.3) is 0 Å². The number of carbonyl (C=O) groups excluding carboxylic acids is 1. The summed E-state index contributed by atoms with van der Waals surface area (Å²) in [5, 5.41) is 9.35. The Hall–Kier alpha value is -1.32. The molecule has 1 heterocycles. The topological polar surface area (TPSA) is 57.8 Å². The van der Waals surface area contributed by atoms with Gasteiger partial charge in [-0.25, -0.2) is 0 Å². The lowest BCUT2D eigenvalue weighted by Crippen LogP contribution is -2.17. The van der Waals surface area contributed by atoms with E-state index in [0.717, 1.165) is 0 Å². The van der Waals surface area contributed by atoms with Gasteiger partial charge in [-0.05, 0) is 10.8 Å². The molecule has 1 aliphatic carbocycles. The summed E-state index contributed by atoms with van der Waals surface area (Å²) in [7, 11) is 0. The van der Waals surface area contributed by atoms with Crippen molar-refractivity contribution in [2.75, 3.05) is 5.32 Å². The van der Waals surface area contributed by atoms with E-state index >= 15 is 0 Å². The first kappa shape index (κ1) is 10.2. The highest BCUT2D eigenvalue weighted by Gasteiger charge is 2.68. The zero-order valence-corrected chi connectivity index (χ0v) is 9.59. The second-order valence-corrected chi connectivity index (χ2v) is 5.34. The number of anilines is 1. The van der Waals surface area contributed by atoms with Crippen LogP contribution in [0.3, 0.4) is 0 Å². The monoisotopic (exact) mass is 207 g/mol. The van der Waals surface area contributed by atoms with Crippen molar-refractivity contribution in [2.45, 2.75) is 27.7 Å². The summed E-state index contributed by atoms with van der Waals surface area (Å²) in [5.41, 5.74) is 0.161. The summed E-state index contributed by atoms with van der Waals surface area (Å²) >= 11 is 0. The molecule has 0 atom stereocenters. The lowest BCUT2D eigenvalue weighted by Gasteiger charge is -2.03. The Bertz CT molecular complexity index is 365. The van der Waals surface area contributed by atoms with Gasteiger partial charge in [-0.2, -0.15) is 5.10 Å². The summed E-state index contributed by atoms with van der Waals surface area (Å²) < 4.78 is 0. The molecule has 1 aromatic rings. The maximum Gasteiger partial charge on any atom is 0.229 e. The van der Waals surface area contributed by atoms with E-state index in [0.29, 0.717) is 5.82 Å². The zero-order valence-electron chi connectivity index (χ0n) is 9.59. The number of rotatable bonds is 2. The lowest BCUT2D eigenvalue weighted by atomic mass is 10.0. The Morgan fingerprint density at radius 1 is 1.40 bits per heavy atom. The molecule has 1 fully saturated rings. The predicted octanol–water partition coefficient (Wildman–Crippen LogP) is 2.03. The Morgan fingerprint density at radius 2 is 2.00 bits per heavy atom. The Balaban J connectivity index is 2.06. The highest BCUT2D eigenvalue weighted by Crippen LogP contribution is 2.68. The van der Waals surface area contributed by atoms with Gasteiger partial charge in [-0.3, -0.25) is 9.89 Å². The minimum Gasteiger partial charge on any atom is -0.311 e. The Labute approximate surface area is 89.5 Å². The predicted molar refractivity (Wildman–Crippen MR) is 58.3 cm³/mol. The summed E-state index contributed by atoms with van der Waals surface area (Å²) in [6.45, 7) is 8.52. The van der Waals surface area contributed by atoms with Gasteiger partial charge in [0.2, 0.25) is 5.91 Å². The molecule has 0 spiro atoms. The molecule has 1 amide bonds. The number of aromatic nitrogens is 2. The SMILES string of the molecule is CC1(C)C(C(=O)Nc2ccn[nH]2)C1(C)C. The van der Waals surface area contributed by atoms with Crippen molar-refractivity contribution in [3.05, 3.63) is 12.3 Å². The molecule has 4 nitrogen and oxygen atoms in total. The molecule has 1 aromatic heterocycles. The van der Waals surface area contributed by atoms with E-state index in [2.05, 4.69) is 43.2 Å². The van der Waals surface area contributed by atoms with Gasteiger partial charge in [0.1, 0.15) is 5.82 Å². The first-order valence-electron chi connectivity index (χ1n) is 5.17. The third kappa shape index (κ3) is 1.35. The van der Waals surface area contributed by atoms with Crippen molar-refractivity contribution in [2.24, 2.45) is 16.7 Å². The summed E-state index contributed by atoms with van der Waals surface area (Å²) in [6.07, 6.45) is 1.62. The van der Waals surface area contributed by atoms with Gasteiger partial charge in [0.25, 0.3) is 0 Å². The maximum atomic E-state index is 11.9. The molecule has 4 heteroatoms. The second kappa shape index (κ2) is 2.84.